The van der Waals surface area contributed by atoms with Crippen molar-refractivity contribution in [3.8, 4) is 6.07 Å². The van der Waals surface area contributed by atoms with Gasteiger partial charge in [-0.2, -0.15) is 5.26 Å². The number of fused-ring (bicyclic) bond motifs is 1. The second kappa shape index (κ2) is 7.10. The van der Waals surface area contributed by atoms with Crippen LogP contribution in [0.15, 0.2) is 60.7 Å². The van der Waals surface area contributed by atoms with Gasteiger partial charge in [-0.05, 0) is 36.4 Å². The largest absolute Gasteiger partial charge is 0.478 e. The lowest BCUT2D eigenvalue weighted by atomic mass is 9.88. The number of rotatable bonds is 4. The zero-order valence-corrected chi connectivity index (χ0v) is 16.2. The van der Waals surface area contributed by atoms with E-state index in [0.29, 0.717) is 28.1 Å². The number of hydrogen-bond acceptors (Lipinski definition) is 5. The Bertz CT molecular complexity index is 1250. The van der Waals surface area contributed by atoms with Crippen molar-refractivity contribution in [3.05, 3.63) is 93.5 Å². The molecule has 1 unspecified atom stereocenters. The number of hydrogen-bond donors (Lipinski definition) is 4. The standard InChI is InChI=1S/C22H15ClN4O3/c23-17-9-12(20(25)28)5-7-16(17)22(15-4-2-1-3-14(15)11-24)26-18-8-6-13(21(29)30)10-19(18)27-22/h1-10,26-27H,(H2,25,28)(H,29,30). The Kier molecular flexibility index (Phi) is 4.57. The molecule has 30 heavy (non-hydrogen) atoms. The van der Waals surface area contributed by atoms with Gasteiger partial charge in [-0.3, -0.25) is 4.79 Å². The number of anilines is 2. The number of carbonyl (C=O) groups is 2. The van der Waals surface area contributed by atoms with Crippen molar-refractivity contribution in [2.45, 2.75) is 5.66 Å². The lowest BCUT2D eigenvalue weighted by Crippen LogP contribution is -2.41. The van der Waals surface area contributed by atoms with Gasteiger partial charge in [0, 0.05) is 21.7 Å². The lowest BCUT2D eigenvalue weighted by molar-refractivity contribution is 0.0696. The quantitative estimate of drug-likeness (QED) is 0.510. The number of carboxylic acid groups (broad SMARTS) is 1. The number of carboxylic acids is 1. The summed E-state index contributed by atoms with van der Waals surface area (Å²) in [6, 6.07) is 18.5. The topological polar surface area (TPSA) is 128 Å². The van der Waals surface area contributed by atoms with Gasteiger partial charge >= 0.3 is 5.97 Å². The van der Waals surface area contributed by atoms with Crippen molar-refractivity contribution in [1.82, 2.24) is 0 Å². The molecule has 0 fully saturated rings. The summed E-state index contributed by atoms with van der Waals surface area (Å²) in [5.74, 6) is -1.67. The Balaban J connectivity index is 1.95. The third kappa shape index (κ3) is 3.00. The fraction of sp³-hybridized carbons (Fsp3) is 0.0455. The van der Waals surface area contributed by atoms with E-state index < -0.39 is 17.5 Å². The molecule has 0 aliphatic carbocycles. The maximum atomic E-state index is 11.5. The number of halogens is 1. The van der Waals surface area contributed by atoms with Gasteiger partial charge in [0.1, 0.15) is 0 Å². The van der Waals surface area contributed by atoms with E-state index in [-0.39, 0.29) is 16.1 Å². The molecule has 1 atom stereocenters. The molecule has 1 aliphatic rings. The summed E-state index contributed by atoms with van der Waals surface area (Å²) in [4.78, 5) is 23.0. The number of amides is 1. The zero-order chi connectivity index (χ0) is 21.5. The van der Waals surface area contributed by atoms with Crippen molar-refractivity contribution in [3.63, 3.8) is 0 Å². The lowest BCUT2D eigenvalue weighted by Gasteiger charge is -2.33. The highest BCUT2D eigenvalue weighted by atomic mass is 35.5. The summed E-state index contributed by atoms with van der Waals surface area (Å²) >= 11 is 6.55. The maximum Gasteiger partial charge on any atom is 0.335 e. The molecule has 1 amide bonds. The van der Waals surface area contributed by atoms with Gasteiger partial charge in [-0.1, -0.05) is 35.9 Å². The highest BCUT2D eigenvalue weighted by Crippen LogP contribution is 2.46. The number of aromatic carboxylic acids is 1. The molecule has 0 spiro atoms. The fourth-order valence-electron chi connectivity index (χ4n) is 3.62. The fourth-order valence-corrected chi connectivity index (χ4v) is 3.94. The van der Waals surface area contributed by atoms with Crippen LogP contribution in [0.3, 0.4) is 0 Å². The Labute approximate surface area is 176 Å². The molecule has 0 aromatic heterocycles. The van der Waals surface area contributed by atoms with E-state index in [1.54, 1.807) is 42.5 Å². The minimum atomic E-state index is -1.17. The first-order valence-corrected chi connectivity index (χ1v) is 9.26. The first kappa shape index (κ1) is 19.3. The molecule has 4 rings (SSSR count). The number of nitrogens with one attached hydrogen (secondary N) is 2. The molecular formula is C22H15ClN4O3. The van der Waals surface area contributed by atoms with Crippen LogP contribution in [0, 0.1) is 11.3 Å². The van der Waals surface area contributed by atoms with Gasteiger partial charge < -0.3 is 21.5 Å². The van der Waals surface area contributed by atoms with Gasteiger partial charge in [0.15, 0.2) is 5.66 Å². The van der Waals surface area contributed by atoms with E-state index in [2.05, 4.69) is 16.7 Å². The second-order valence-corrected chi connectivity index (χ2v) is 7.19. The van der Waals surface area contributed by atoms with Crippen molar-refractivity contribution in [2.75, 3.05) is 10.6 Å². The summed E-state index contributed by atoms with van der Waals surface area (Å²) < 4.78 is 0. The number of primary amides is 1. The van der Waals surface area contributed by atoms with Crippen LogP contribution >= 0.6 is 11.6 Å². The third-order valence-electron chi connectivity index (χ3n) is 5.02. The molecule has 0 saturated carbocycles. The highest BCUT2D eigenvalue weighted by molar-refractivity contribution is 6.32. The monoisotopic (exact) mass is 418 g/mol. The van der Waals surface area contributed by atoms with Crippen LogP contribution in [0.5, 0.6) is 0 Å². The normalized spacial score (nSPS) is 16.7. The van der Waals surface area contributed by atoms with Crippen LogP contribution in [0.4, 0.5) is 11.4 Å². The Hall–Kier alpha value is -4.02. The van der Waals surface area contributed by atoms with Crippen LogP contribution in [-0.4, -0.2) is 17.0 Å². The summed E-state index contributed by atoms with van der Waals surface area (Å²) in [6.07, 6.45) is 0. The summed E-state index contributed by atoms with van der Waals surface area (Å²) in [5.41, 5.74) is 7.28. The SMILES string of the molecule is N#Cc1ccccc1C1(c2ccc(C(N)=O)cc2Cl)Nc2ccc(C(=O)O)cc2N1. The Morgan fingerprint density at radius 3 is 2.33 bits per heavy atom. The van der Waals surface area contributed by atoms with Crippen molar-refractivity contribution >= 4 is 34.9 Å². The van der Waals surface area contributed by atoms with Crippen molar-refractivity contribution < 1.29 is 14.7 Å². The summed E-state index contributed by atoms with van der Waals surface area (Å²) in [5, 5.41) is 25.9. The van der Waals surface area contributed by atoms with Crippen LogP contribution in [0.1, 0.15) is 37.4 Å². The van der Waals surface area contributed by atoms with Gasteiger partial charge in [-0.25, -0.2) is 4.79 Å². The molecule has 8 heteroatoms. The van der Waals surface area contributed by atoms with Crippen LogP contribution in [0.25, 0.3) is 0 Å². The average Bonchev–Trinajstić information content (AvgIpc) is 3.12. The van der Waals surface area contributed by atoms with E-state index in [1.165, 1.54) is 18.2 Å². The number of nitriles is 1. The Morgan fingerprint density at radius 2 is 1.67 bits per heavy atom. The molecule has 3 aromatic rings. The van der Waals surface area contributed by atoms with Crippen molar-refractivity contribution in [1.29, 1.82) is 5.26 Å². The Morgan fingerprint density at radius 1 is 0.967 bits per heavy atom. The molecule has 5 N–H and O–H groups in total. The van der Waals surface area contributed by atoms with Gasteiger partial charge in [-0.15, -0.1) is 0 Å². The first-order valence-electron chi connectivity index (χ1n) is 8.89. The van der Waals surface area contributed by atoms with E-state index in [1.807, 2.05) is 0 Å². The number of nitrogens with zero attached hydrogens (tertiary/aromatic N) is 1. The average molecular weight is 419 g/mol. The van der Waals surface area contributed by atoms with E-state index >= 15 is 0 Å². The predicted molar refractivity (Wildman–Crippen MR) is 113 cm³/mol. The molecule has 0 saturated heterocycles. The molecule has 0 radical (unpaired) electrons. The first-order chi connectivity index (χ1) is 14.4. The van der Waals surface area contributed by atoms with Gasteiger partial charge in [0.05, 0.1) is 28.6 Å². The molecule has 1 aliphatic heterocycles. The molecule has 1 heterocycles. The van der Waals surface area contributed by atoms with E-state index in [0.717, 1.165) is 0 Å². The summed E-state index contributed by atoms with van der Waals surface area (Å²) in [7, 11) is 0. The third-order valence-corrected chi connectivity index (χ3v) is 5.33. The number of nitrogens with two attached hydrogens (primary N) is 1. The zero-order valence-electron chi connectivity index (χ0n) is 15.4. The smallest absolute Gasteiger partial charge is 0.335 e. The van der Waals surface area contributed by atoms with Gasteiger partial charge in [0.2, 0.25) is 5.91 Å². The number of carbonyl (C=O) groups excluding carboxylic acids is 1. The van der Waals surface area contributed by atoms with E-state index in [9.17, 15) is 20.0 Å². The minimum Gasteiger partial charge on any atom is -0.478 e. The molecule has 0 bridgehead atoms. The van der Waals surface area contributed by atoms with E-state index in [4.69, 9.17) is 17.3 Å². The minimum absolute atomic E-state index is 0.114. The van der Waals surface area contributed by atoms with Crippen LogP contribution < -0.4 is 16.4 Å². The maximum absolute atomic E-state index is 11.5. The second-order valence-electron chi connectivity index (χ2n) is 6.78. The predicted octanol–water partition coefficient (Wildman–Crippen LogP) is 3.75. The molecule has 7 nitrogen and oxygen atoms in total. The molecular weight excluding hydrogens is 404 g/mol. The van der Waals surface area contributed by atoms with Crippen LogP contribution in [-0.2, 0) is 5.66 Å². The molecule has 3 aromatic carbocycles. The van der Waals surface area contributed by atoms with Gasteiger partial charge in [0.25, 0.3) is 0 Å². The number of benzene rings is 3. The molecule has 148 valence electrons. The van der Waals surface area contributed by atoms with Crippen molar-refractivity contribution in [2.24, 2.45) is 5.73 Å². The highest BCUT2D eigenvalue weighted by Gasteiger charge is 2.43. The summed E-state index contributed by atoms with van der Waals surface area (Å²) in [6.45, 7) is 0. The van der Waals surface area contributed by atoms with Crippen LogP contribution in [0.2, 0.25) is 5.02 Å².